The quantitative estimate of drug-likeness (QED) is 0.749. The summed E-state index contributed by atoms with van der Waals surface area (Å²) in [6, 6.07) is 7.54. The molecule has 3 heteroatoms. The molecule has 0 saturated heterocycles. The van der Waals surface area contributed by atoms with Crippen molar-refractivity contribution in [3.05, 3.63) is 36.8 Å². The molecule has 1 aromatic carbocycles. The zero-order chi connectivity index (χ0) is 11.4. The third-order valence-electron chi connectivity index (χ3n) is 2.31. The highest BCUT2D eigenvalue weighted by Crippen LogP contribution is 2.13. The fraction of sp³-hybridized carbons (Fsp3) is 0.333. The number of rotatable bonds is 3. The Morgan fingerprint density at radius 1 is 1.20 bits per heavy atom. The maximum atomic E-state index is 11.7. The maximum Gasteiger partial charge on any atom is 0.253 e. The Morgan fingerprint density at radius 3 is 2.13 bits per heavy atom. The van der Waals surface area contributed by atoms with Crippen LogP contribution in [0.5, 0.6) is 0 Å². The van der Waals surface area contributed by atoms with Crippen LogP contribution in [0.15, 0.2) is 24.3 Å². The summed E-state index contributed by atoms with van der Waals surface area (Å²) in [5.74, 6) is 0.00954. The van der Waals surface area contributed by atoms with Gasteiger partial charge in [0.05, 0.1) is 0 Å². The SMILES string of the molecule is [CH2]CN(C)C(=O)c1ccc(N(C)C)cc1. The molecule has 1 rings (SSSR count). The number of hydrogen-bond acceptors (Lipinski definition) is 2. The monoisotopic (exact) mass is 205 g/mol. The van der Waals surface area contributed by atoms with Gasteiger partial charge in [-0.3, -0.25) is 4.79 Å². The van der Waals surface area contributed by atoms with E-state index in [0.29, 0.717) is 12.1 Å². The first-order valence-corrected chi connectivity index (χ1v) is 4.88. The second-order valence-corrected chi connectivity index (χ2v) is 3.67. The molecule has 0 unspecified atom stereocenters. The summed E-state index contributed by atoms with van der Waals surface area (Å²) < 4.78 is 0. The molecule has 1 aromatic rings. The zero-order valence-corrected chi connectivity index (χ0v) is 9.53. The van der Waals surface area contributed by atoms with Gasteiger partial charge in [0.2, 0.25) is 0 Å². The Hall–Kier alpha value is -1.51. The third-order valence-corrected chi connectivity index (χ3v) is 2.31. The molecule has 0 fully saturated rings. The minimum Gasteiger partial charge on any atom is -0.378 e. The van der Waals surface area contributed by atoms with Crippen LogP contribution in [0.1, 0.15) is 10.4 Å². The Labute approximate surface area is 91.3 Å². The van der Waals surface area contributed by atoms with Gasteiger partial charge in [-0.15, -0.1) is 0 Å². The van der Waals surface area contributed by atoms with Crippen LogP contribution in [0.4, 0.5) is 5.69 Å². The van der Waals surface area contributed by atoms with Gasteiger partial charge in [0.1, 0.15) is 0 Å². The average Bonchev–Trinajstić information content (AvgIpc) is 2.27. The Balaban J connectivity index is 2.84. The van der Waals surface area contributed by atoms with Gasteiger partial charge in [-0.05, 0) is 31.2 Å². The molecule has 0 spiro atoms. The lowest BCUT2D eigenvalue weighted by atomic mass is 10.2. The first-order chi connectivity index (χ1) is 7.06. The van der Waals surface area contributed by atoms with Crippen molar-refractivity contribution in [2.24, 2.45) is 0 Å². The molecule has 0 aliphatic heterocycles. The summed E-state index contributed by atoms with van der Waals surface area (Å²) >= 11 is 0. The summed E-state index contributed by atoms with van der Waals surface area (Å²) in [6.07, 6.45) is 0. The molecule has 0 aliphatic rings. The van der Waals surface area contributed by atoms with E-state index in [0.717, 1.165) is 5.69 Å². The van der Waals surface area contributed by atoms with Gasteiger partial charge in [0.15, 0.2) is 0 Å². The maximum absolute atomic E-state index is 11.7. The lowest BCUT2D eigenvalue weighted by molar-refractivity contribution is 0.0809. The number of nitrogens with zero attached hydrogens (tertiary/aromatic N) is 2. The highest BCUT2D eigenvalue weighted by Gasteiger charge is 2.09. The van der Waals surface area contributed by atoms with Crippen LogP contribution in [0, 0.1) is 6.92 Å². The number of benzene rings is 1. The molecule has 0 heterocycles. The number of hydrogen-bond donors (Lipinski definition) is 0. The number of carbonyl (C=O) groups excluding carboxylic acids is 1. The van der Waals surface area contributed by atoms with Gasteiger partial charge in [0.25, 0.3) is 5.91 Å². The van der Waals surface area contributed by atoms with Gasteiger partial charge in [-0.25, -0.2) is 0 Å². The number of carbonyl (C=O) groups is 1. The van der Waals surface area contributed by atoms with Crippen molar-refractivity contribution in [2.45, 2.75) is 0 Å². The van der Waals surface area contributed by atoms with Gasteiger partial charge in [0, 0.05) is 38.9 Å². The van der Waals surface area contributed by atoms with E-state index in [-0.39, 0.29) is 5.91 Å². The van der Waals surface area contributed by atoms with Crippen molar-refractivity contribution in [1.82, 2.24) is 4.90 Å². The molecule has 0 atom stereocenters. The second-order valence-electron chi connectivity index (χ2n) is 3.67. The van der Waals surface area contributed by atoms with Gasteiger partial charge >= 0.3 is 0 Å². The Bertz CT molecular complexity index is 330. The fourth-order valence-corrected chi connectivity index (χ4v) is 1.22. The van der Waals surface area contributed by atoms with E-state index in [1.807, 2.05) is 43.3 Å². The molecule has 1 radical (unpaired) electrons. The van der Waals surface area contributed by atoms with E-state index in [1.165, 1.54) is 0 Å². The molecule has 81 valence electrons. The van der Waals surface area contributed by atoms with Crippen molar-refractivity contribution in [3.8, 4) is 0 Å². The van der Waals surface area contributed by atoms with Crippen LogP contribution >= 0.6 is 0 Å². The Kier molecular flexibility index (Phi) is 3.72. The molecule has 0 aliphatic carbocycles. The molecule has 0 aromatic heterocycles. The van der Waals surface area contributed by atoms with E-state index in [1.54, 1.807) is 11.9 Å². The van der Waals surface area contributed by atoms with Crippen molar-refractivity contribution in [3.63, 3.8) is 0 Å². The lowest BCUT2D eigenvalue weighted by Gasteiger charge is -2.16. The Morgan fingerprint density at radius 2 is 1.73 bits per heavy atom. The summed E-state index contributed by atoms with van der Waals surface area (Å²) in [7, 11) is 5.69. The predicted molar refractivity (Wildman–Crippen MR) is 63.1 cm³/mol. The van der Waals surface area contributed by atoms with Crippen LogP contribution in [0.2, 0.25) is 0 Å². The molecule has 1 amide bonds. The summed E-state index contributed by atoms with van der Waals surface area (Å²) in [6.45, 7) is 4.16. The largest absolute Gasteiger partial charge is 0.378 e. The lowest BCUT2D eigenvalue weighted by Crippen LogP contribution is -2.26. The van der Waals surface area contributed by atoms with E-state index in [2.05, 4.69) is 6.92 Å². The van der Waals surface area contributed by atoms with E-state index >= 15 is 0 Å². The summed E-state index contributed by atoms with van der Waals surface area (Å²) in [5.41, 5.74) is 1.79. The van der Waals surface area contributed by atoms with Gasteiger partial charge in [-0.1, -0.05) is 0 Å². The van der Waals surface area contributed by atoms with E-state index in [9.17, 15) is 4.79 Å². The summed E-state index contributed by atoms with van der Waals surface area (Å²) in [5, 5.41) is 0. The van der Waals surface area contributed by atoms with Gasteiger partial charge < -0.3 is 9.80 Å². The van der Waals surface area contributed by atoms with Crippen molar-refractivity contribution < 1.29 is 4.79 Å². The van der Waals surface area contributed by atoms with Crippen LogP contribution in [-0.4, -0.2) is 38.5 Å². The zero-order valence-electron chi connectivity index (χ0n) is 9.53. The van der Waals surface area contributed by atoms with E-state index < -0.39 is 0 Å². The van der Waals surface area contributed by atoms with Crippen molar-refractivity contribution in [2.75, 3.05) is 32.6 Å². The number of amides is 1. The first kappa shape index (κ1) is 11.6. The second kappa shape index (κ2) is 4.82. The highest BCUT2D eigenvalue weighted by molar-refractivity contribution is 5.94. The predicted octanol–water partition coefficient (Wildman–Crippen LogP) is 1.66. The molecular formula is C12H17N2O. The number of anilines is 1. The minimum atomic E-state index is 0.00954. The van der Waals surface area contributed by atoms with Crippen molar-refractivity contribution >= 4 is 11.6 Å². The molecule has 0 N–H and O–H groups in total. The molecule has 0 saturated carbocycles. The van der Waals surface area contributed by atoms with Crippen LogP contribution in [0.25, 0.3) is 0 Å². The summed E-state index contributed by atoms with van der Waals surface area (Å²) in [4.78, 5) is 15.3. The van der Waals surface area contributed by atoms with Crippen LogP contribution < -0.4 is 4.90 Å². The molecule has 0 bridgehead atoms. The molecule has 3 nitrogen and oxygen atoms in total. The van der Waals surface area contributed by atoms with Crippen LogP contribution in [0.3, 0.4) is 0 Å². The fourth-order valence-electron chi connectivity index (χ4n) is 1.22. The average molecular weight is 205 g/mol. The molecular weight excluding hydrogens is 188 g/mol. The van der Waals surface area contributed by atoms with E-state index in [4.69, 9.17) is 0 Å². The van der Waals surface area contributed by atoms with Crippen LogP contribution in [-0.2, 0) is 0 Å². The third kappa shape index (κ3) is 2.72. The highest BCUT2D eigenvalue weighted by atomic mass is 16.2. The van der Waals surface area contributed by atoms with Crippen molar-refractivity contribution in [1.29, 1.82) is 0 Å². The normalized spacial score (nSPS) is 9.87. The standard InChI is InChI=1S/C12H17N2O/c1-5-14(4)12(15)10-6-8-11(9-7-10)13(2)3/h6-9H,1,5H2,2-4H3. The molecule has 15 heavy (non-hydrogen) atoms. The first-order valence-electron chi connectivity index (χ1n) is 4.88. The van der Waals surface area contributed by atoms with Gasteiger partial charge in [-0.2, -0.15) is 0 Å². The minimum absolute atomic E-state index is 0.00954. The smallest absolute Gasteiger partial charge is 0.253 e. The topological polar surface area (TPSA) is 23.6 Å².